The molecule has 0 spiro atoms. The van der Waals surface area contributed by atoms with Crippen LogP contribution in [0.15, 0.2) is 42.5 Å². The van der Waals surface area contributed by atoms with Crippen molar-refractivity contribution in [2.24, 2.45) is 0 Å². The lowest BCUT2D eigenvalue weighted by Crippen LogP contribution is -1.84. The summed E-state index contributed by atoms with van der Waals surface area (Å²) >= 11 is 1.60. The van der Waals surface area contributed by atoms with Crippen molar-refractivity contribution in [3.63, 3.8) is 0 Å². The molecule has 1 N–H and O–H groups in total. The van der Waals surface area contributed by atoms with E-state index >= 15 is 0 Å². The Morgan fingerprint density at radius 3 is 2.60 bits per heavy atom. The van der Waals surface area contributed by atoms with Gasteiger partial charge in [-0.25, -0.2) is 4.79 Å². The molecule has 0 atom stereocenters. The Morgan fingerprint density at radius 2 is 1.95 bits per heavy atom. The van der Waals surface area contributed by atoms with Gasteiger partial charge >= 0.3 is 5.97 Å². The number of carbonyl (C=O) groups is 1. The van der Waals surface area contributed by atoms with Crippen LogP contribution in [-0.2, 0) is 11.2 Å². The fraction of sp³-hybridized carbons (Fsp3) is 0.235. The zero-order chi connectivity index (χ0) is 14.4. The molecular weight excluding hydrogens is 268 g/mol. The lowest BCUT2D eigenvalue weighted by atomic mass is 10.1. The van der Waals surface area contributed by atoms with Crippen LogP contribution in [0, 0.1) is 0 Å². The summed E-state index contributed by atoms with van der Waals surface area (Å²) in [6.07, 6.45) is 6.37. The highest BCUT2D eigenvalue weighted by Gasteiger charge is 2.02. The predicted octanol–water partition coefficient (Wildman–Crippen LogP) is 4.86. The van der Waals surface area contributed by atoms with Crippen molar-refractivity contribution in [1.29, 1.82) is 0 Å². The monoisotopic (exact) mass is 286 g/mol. The quantitative estimate of drug-likeness (QED) is 0.770. The van der Waals surface area contributed by atoms with Gasteiger partial charge in [0.1, 0.15) is 0 Å². The van der Waals surface area contributed by atoms with Crippen LogP contribution < -0.4 is 0 Å². The van der Waals surface area contributed by atoms with E-state index in [2.05, 4.69) is 31.2 Å². The van der Waals surface area contributed by atoms with E-state index in [1.54, 1.807) is 17.4 Å². The first kappa shape index (κ1) is 14.5. The van der Waals surface area contributed by atoms with E-state index in [0.717, 1.165) is 16.2 Å². The first-order valence-corrected chi connectivity index (χ1v) is 7.61. The molecule has 1 heterocycles. The molecule has 0 aliphatic rings. The molecule has 0 saturated heterocycles. The van der Waals surface area contributed by atoms with Gasteiger partial charge in [0.25, 0.3) is 0 Å². The van der Waals surface area contributed by atoms with Gasteiger partial charge in [-0.15, -0.1) is 11.3 Å². The van der Waals surface area contributed by atoms with E-state index < -0.39 is 5.97 Å². The second-order valence-corrected chi connectivity index (χ2v) is 5.79. The van der Waals surface area contributed by atoms with E-state index in [1.807, 2.05) is 12.1 Å². The average molecular weight is 286 g/mol. The zero-order valence-electron chi connectivity index (χ0n) is 11.5. The highest BCUT2D eigenvalue weighted by molar-refractivity contribution is 7.16. The van der Waals surface area contributed by atoms with Crippen LogP contribution in [-0.4, -0.2) is 11.1 Å². The molecule has 2 nitrogen and oxygen atoms in total. The minimum atomic E-state index is -0.916. The number of benzene rings is 1. The normalized spacial score (nSPS) is 11.1. The molecule has 0 aliphatic heterocycles. The smallest absolute Gasteiger partial charge is 0.328 e. The van der Waals surface area contributed by atoms with Crippen molar-refractivity contribution in [1.82, 2.24) is 0 Å². The Morgan fingerprint density at radius 1 is 1.20 bits per heavy atom. The summed E-state index contributed by atoms with van der Waals surface area (Å²) in [7, 11) is 0. The summed E-state index contributed by atoms with van der Waals surface area (Å²) in [5.74, 6) is -0.916. The largest absolute Gasteiger partial charge is 0.478 e. The average Bonchev–Trinajstić information content (AvgIpc) is 2.92. The molecule has 0 aliphatic carbocycles. The summed E-state index contributed by atoms with van der Waals surface area (Å²) < 4.78 is 0. The maximum Gasteiger partial charge on any atom is 0.328 e. The van der Waals surface area contributed by atoms with Gasteiger partial charge in [-0.1, -0.05) is 37.6 Å². The van der Waals surface area contributed by atoms with E-state index in [4.69, 9.17) is 5.11 Å². The van der Waals surface area contributed by atoms with Crippen molar-refractivity contribution in [2.45, 2.75) is 26.2 Å². The van der Waals surface area contributed by atoms with Gasteiger partial charge < -0.3 is 5.11 Å². The fourth-order valence-electron chi connectivity index (χ4n) is 1.97. The maximum atomic E-state index is 10.5. The number of aryl methyl sites for hydroxylation is 1. The third kappa shape index (κ3) is 4.07. The van der Waals surface area contributed by atoms with Gasteiger partial charge in [-0.05, 0) is 42.2 Å². The number of thiophene rings is 1. The molecule has 2 aromatic rings. The number of hydrogen-bond donors (Lipinski definition) is 1. The zero-order valence-corrected chi connectivity index (χ0v) is 12.3. The molecule has 0 fully saturated rings. The maximum absolute atomic E-state index is 10.5. The molecule has 1 aromatic carbocycles. The molecule has 0 saturated carbocycles. The lowest BCUT2D eigenvalue weighted by molar-refractivity contribution is -0.131. The Bertz CT molecular complexity index is 594. The number of carboxylic acids is 1. The Hall–Kier alpha value is -1.87. The van der Waals surface area contributed by atoms with Crippen molar-refractivity contribution >= 4 is 23.4 Å². The SMILES string of the molecule is CCCCc1ccc(-c2ccc(/C=C/C(=O)O)s2)cc1. The van der Waals surface area contributed by atoms with Crippen LogP contribution >= 0.6 is 11.3 Å². The van der Waals surface area contributed by atoms with Crippen molar-refractivity contribution in [2.75, 3.05) is 0 Å². The Balaban J connectivity index is 2.09. The highest BCUT2D eigenvalue weighted by Crippen LogP contribution is 2.29. The third-order valence-corrected chi connectivity index (χ3v) is 4.17. The second kappa shape index (κ2) is 7.06. The number of aliphatic carboxylic acids is 1. The number of carboxylic acid groups (broad SMARTS) is 1. The van der Waals surface area contributed by atoms with Gasteiger partial charge in [-0.2, -0.15) is 0 Å². The highest BCUT2D eigenvalue weighted by atomic mass is 32.1. The van der Waals surface area contributed by atoms with Crippen LogP contribution in [0.3, 0.4) is 0 Å². The van der Waals surface area contributed by atoms with Crippen LogP contribution in [0.4, 0.5) is 0 Å². The summed E-state index contributed by atoms with van der Waals surface area (Å²) in [4.78, 5) is 12.6. The van der Waals surface area contributed by atoms with Crippen molar-refractivity contribution in [3.05, 3.63) is 52.9 Å². The van der Waals surface area contributed by atoms with Gasteiger partial charge in [0.05, 0.1) is 0 Å². The second-order valence-electron chi connectivity index (χ2n) is 4.67. The third-order valence-electron chi connectivity index (χ3n) is 3.07. The van der Waals surface area contributed by atoms with Crippen LogP contribution in [0.25, 0.3) is 16.5 Å². The van der Waals surface area contributed by atoms with Gasteiger partial charge in [0, 0.05) is 15.8 Å². The van der Waals surface area contributed by atoms with Gasteiger partial charge in [0.15, 0.2) is 0 Å². The predicted molar refractivity (Wildman–Crippen MR) is 85.0 cm³/mol. The topological polar surface area (TPSA) is 37.3 Å². The molecule has 0 unspecified atom stereocenters. The lowest BCUT2D eigenvalue weighted by Gasteiger charge is -2.01. The van der Waals surface area contributed by atoms with Crippen LogP contribution in [0.5, 0.6) is 0 Å². The molecule has 1 aromatic heterocycles. The molecule has 0 radical (unpaired) electrons. The molecule has 20 heavy (non-hydrogen) atoms. The van der Waals surface area contributed by atoms with Gasteiger partial charge in [0.2, 0.25) is 0 Å². The van der Waals surface area contributed by atoms with E-state index in [9.17, 15) is 4.79 Å². The number of unbranched alkanes of at least 4 members (excludes halogenated alkanes) is 1. The Labute approximate surface area is 123 Å². The summed E-state index contributed by atoms with van der Waals surface area (Å²) in [6, 6.07) is 12.6. The minimum absolute atomic E-state index is 0.916. The summed E-state index contributed by atoms with van der Waals surface area (Å²) in [6.45, 7) is 2.20. The summed E-state index contributed by atoms with van der Waals surface area (Å²) in [5.41, 5.74) is 2.56. The van der Waals surface area contributed by atoms with E-state index in [0.29, 0.717) is 0 Å². The summed E-state index contributed by atoms with van der Waals surface area (Å²) in [5, 5.41) is 8.62. The fourth-order valence-corrected chi connectivity index (χ4v) is 2.88. The first-order chi connectivity index (χ1) is 9.69. The molecule has 0 bridgehead atoms. The number of rotatable bonds is 6. The van der Waals surface area contributed by atoms with Crippen LogP contribution in [0.1, 0.15) is 30.2 Å². The molecule has 104 valence electrons. The van der Waals surface area contributed by atoms with E-state index in [-0.39, 0.29) is 0 Å². The van der Waals surface area contributed by atoms with Crippen molar-refractivity contribution in [3.8, 4) is 10.4 Å². The molecular formula is C17H18O2S. The standard InChI is InChI=1S/C17H18O2S/c1-2-3-4-13-5-7-14(8-6-13)16-11-9-15(20-16)10-12-17(18)19/h5-12H,2-4H2,1H3,(H,18,19)/b12-10+. The van der Waals surface area contributed by atoms with Crippen molar-refractivity contribution < 1.29 is 9.90 Å². The minimum Gasteiger partial charge on any atom is -0.478 e. The molecule has 2 rings (SSSR count). The number of hydrogen-bond acceptors (Lipinski definition) is 2. The molecule has 3 heteroatoms. The van der Waals surface area contributed by atoms with Crippen LogP contribution in [0.2, 0.25) is 0 Å². The molecule has 0 amide bonds. The Kier molecular flexibility index (Phi) is 5.13. The first-order valence-electron chi connectivity index (χ1n) is 6.79. The van der Waals surface area contributed by atoms with Gasteiger partial charge in [-0.3, -0.25) is 0 Å². The van der Waals surface area contributed by atoms with E-state index in [1.165, 1.54) is 30.0 Å².